The summed E-state index contributed by atoms with van der Waals surface area (Å²) >= 11 is 1.48. The fraction of sp³-hybridized carbons (Fsp3) is 0.0909. The molecule has 1 aromatic carbocycles. The Morgan fingerprint density at radius 2 is 2.00 bits per heavy atom. The molecule has 2 nitrogen and oxygen atoms in total. The molecule has 0 bridgehead atoms. The van der Waals surface area contributed by atoms with Crippen molar-refractivity contribution in [3.63, 3.8) is 0 Å². The maximum absolute atomic E-state index is 8.64. The summed E-state index contributed by atoms with van der Waals surface area (Å²) < 4.78 is 4.21. The zero-order valence-corrected chi connectivity index (χ0v) is 8.51. The van der Waals surface area contributed by atoms with Gasteiger partial charge < -0.3 is 0 Å². The summed E-state index contributed by atoms with van der Waals surface area (Å²) in [5, 5.41) is 8.64. The predicted molar refractivity (Wildman–Crippen MR) is 57.0 cm³/mol. The molecular formula is C11H8N2S. The quantitative estimate of drug-likeness (QED) is 0.709. The first kappa shape index (κ1) is 8.92. The van der Waals surface area contributed by atoms with Gasteiger partial charge in [0, 0.05) is 0 Å². The average molecular weight is 200 g/mol. The van der Waals surface area contributed by atoms with Gasteiger partial charge in [0.1, 0.15) is 0 Å². The molecule has 2 aromatic rings. The SMILES string of the molecule is Cc1cc(-c2ccc(C#N)cc2)sn1. The van der Waals surface area contributed by atoms with Crippen molar-refractivity contribution in [2.24, 2.45) is 0 Å². The predicted octanol–water partition coefficient (Wildman–Crippen LogP) is 2.99. The Hall–Kier alpha value is -1.66. The Morgan fingerprint density at radius 1 is 1.29 bits per heavy atom. The minimum atomic E-state index is 0.690. The standard InChI is InChI=1S/C11H8N2S/c1-8-6-11(14-13-8)10-4-2-9(7-12)3-5-10/h2-6H,1H3. The molecule has 0 radical (unpaired) electrons. The van der Waals surface area contributed by atoms with E-state index < -0.39 is 0 Å². The molecule has 0 aliphatic rings. The summed E-state index contributed by atoms with van der Waals surface area (Å²) in [6, 6.07) is 11.7. The average Bonchev–Trinajstić information content (AvgIpc) is 2.65. The lowest BCUT2D eigenvalue weighted by atomic mass is 10.1. The maximum atomic E-state index is 8.64. The van der Waals surface area contributed by atoms with Crippen LogP contribution in [0.15, 0.2) is 30.3 Å². The third-order valence-electron chi connectivity index (χ3n) is 1.93. The Labute approximate surface area is 86.6 Å². The molecule has 0 saturated heterocycles. The van der Waals surface area contributed by atoms with Gasteiger partial charge in [-0.2, -0.15) is 9.64 Å². The van der Waals surface area contributed by atoms with Gasteiger partial charge in [0.05, 0.1) is 22.2 Å². The third kappa shape index (κ3) is 1.66. The van der Waals surface area contributed by atoms with Crippen LogP contribution in [0.5, 0.6) is 0 Å². The molecule has 68 valence electrons. The molecule has 0 N–H and O–H groups in total. The van der Waals surface area contributed by atoms with Gasteiger partial charge in [-0.25, -0.2) is 0 Å². The van der Waals surface area contributed by atoms with Crippen LogP contribution in [-0.4, -0.2) is 4.37 Å². The molecule has 0 saturated carbocycles. The van der Waals surface area contributed by atoms with E-state index in [0.29, 0.717) is 5.56 Å². The van der Waals surface area contributed by atoms with E-state index in [1.54, 1.807) is 0 Å². The van der Waals surface area contributed by atoms with Crippen molar-refractivity contribution in [1.82, 2.24) is 4.37 Å². The molecule has 1 heterocycles. The summed E-state index contributed by atoms with van der Waals surface area (Å²) in [7, 11) is 0. The molecule has 0 aliphatic heterocycles. The maximum Gasteiger partial charge on any atom is 0.0991 e. The highest BCUT2D eigenvalue weighted by molar-refractivity contribution is 7.09. The molecule has 0 atom stereocenters. The molecule has 2 rings (SSSR count). The van der Waals surface area contributed by atoms with E-state index in [1.165, 1.54) is 11.5 Å². The van der Waals surface area contributed by atoms with E-state index in [-0.39, 0.29) is 0 Å². The van der Waals surface area contributed by atoms with Gasteiger partial charge in [-0.3, -0.25) is 0 Å². The fourth-order valence-corrected chi connectivity index (χ4v) is 1.97. The highest BCUT2D eigenvalue weighted by Gasteiger charge is 2.01. The minimum Gasteiger partial charge on any atom is -0.197 e. The molecule has 0 amide bonds. The second-order valence-electron chi connectivity index (χ2n) is 3.02. The van der Waals surface area contributed by atoms with Gasteiger partial charge in [0.2, 0.25) is 0 Å². The van der Waals surface area contributed by atoms with Gasteiger partial charge in [-0.15, -0.1) is 0 Å². The van der Waals surface area contributed by atoms with Crippen molar-refractivity contribution in [2.75, 3.05) is 0 Å². The van der Waals surface area contributed by atoms with E-state index >= 15 is 0 Å². The lowest BCUT2D eigenvalue weighted by Gasteiger charge is -1.94. The molecular weight excluding hydrogens is 192 g/mol. The van der Waals surface area contributed by atoms with Gasteiger partial charge in [-0.1, -0.05) is 12.1 Å². The largest absolute Gasteiger partial charge is 0.197 e. The van der Waals surface area contributed by atoms with Gasteiger partial charge in [-0.05, 0) is 42.2 Å². The van der Waals surface area contributed by atoms with Crippen LogP contribution < -0.4 is 0 Å². The van der Waals surface area contributed by atoms with E-state index in [1.807, 2.05) is 37.3 Å². The highest BCUT2D eigenvalue weighted by atomic mass is 32.1. The van der Waals surface area contributed by atoms with Gasteiger partial charge in [0.15, 0.2) is 0 Å². The van der Waals surface area contributed by atoms with E-state index in [9.17, 15) is 0 Å². The number of rotatable bonds is 1. The van der Waals surface area contributed by atoms with Crippen LogP contribution in [0.3, 0.4) is 0 Å². The summed E-state index contributed by atoms with van der Waals surface area (Å²) in [6.45, 7) is 1.98. The second kappa shape index (κ2) is 3.60. The van der Waals surface area contributed by atoms with Crippen LogP contribution in [0.1, 0.15) is 11.3 Å². The van der Waals surface area contributed by atoms with Crippen LogP contribution >= 0.6 is 11.5 Å². The van der Waals surface area contributed by atoms with Crippen molar-refractivity contribution in [1.29, 1.82) is 5.26 Å². The smallest absolute Gasteiger partial charge is 0.0991 e. The summed E-state index contributed by atoms with van der Waals surface area (Å²) in [5.74, 6) is 0. The Kier molecular flexibility index (Phi) is 2.30. The molecule has 0 unspecified atom stereocenters. The lowest BCUT2D eigenvalue weighted by molar-refractivity contribution is 1.35. The second-order valence-corrected chi connectivity index (χ2v) is 3.83. The third-order valence-corrected chi connectivity index (χ3v) is 2.86. The van der Waals surface area contributed by atoms with Crippen LogP contribution in [-0.2, 0) is 0 Å². The molecule has 0 aliphatic carbocycles. The minimum absolute atomic E-state index is 0.690. The Balaban J connectivity index is 2.39. The first-order chi connectivity index (χ1) is 6.79. The van der Waals surface area contributed by atoms with Crippen LogP contribution in [0.25, 0.3) is 10.4 Å². The number of aryl methyl sites for hydroxylation is 1. The topological polar surface area (TPSA) is 36.7 Å². The number of nitriles is 1. The van der Waals surface area contributed by atoms with Crippen molar-refractivity contribution in [3.05, 3.63) is 41.6 Å². The molecule has 3 heteroatoms. The zero-order chi connectivity index (χ0) is 9.97. The number of benzene rings is 1. The summed E-state index contributed by atoms with van der Waals surface area (Å²) in [6.07, 6.45) is 0. The van der Waals surface area contributed by atoms with Crippen molar-refractivity contribution in [3.8, 4) is 16.5 Å². The zero-order valence-electron chi connectivity index (χ0n) is 7.69. The van der Waals surface area contributed by atoms with Crippen LogP contribution in [0, 0.1) is 18.3 Å². The number of aromatic nitrogens is 1. The number of hydrogen-bond donors (Lipinski definition) is 0. The first-order valence-electron chi connectivity index (χ1n) is 4.23. The summed E-state index contributed by atoms with van der Waals surface area (Å²) in [4.78, 5) is 1.15. The van der Waals surface area contributed by atoms with Crippen LogP contribution in [0.2, 0.25) is 0 Å². The van der Waals surface area contributed by atoms with Gasteiger partial charge in [0.25, 0.3) is 0 Å². The molecule has 0 fully saturated rings. The van der Waals surface area contributed by atoms with Crippen LogP contribution in [0.4, 0.5) is 0 Å². The Morgan fingerprint density at radius 3 is 2.50 bits per heavy atom. The van der Waals surface area contributed by atoms with Crippen molar-refractivity contribution >= 4 is 11.5 Å². The molecule has 14 heavy (non-hydrogen) atoms. The molecule has 1 aromatic heterocycles. The Bertz CT molecular complexity index is 477. The highest BCUT2D eigenvalue weighted by Crippen LogP contribution is 2.24. The van der Waals surface area contributed by atoms with Crippen molar-refractivity contribution in [2.45, 2.75) is 6.92 Å². The number of nitrogens with zero attached hydrogens (tertiary/aromatic N) is 2. The van der Waals surface area contributed by atoms with E-state index in [2.05, 4.69) is 10.4 Å². The molecule has 0 spiro atoms. The summed E-state index contributed by atoms with van der Waals surface area (Å²) in [5.41, 5.74) is 2.85. The first-order valence-corrected chi connectivity index (χ1v) is 5.01. The van der Waals surface area contributed by atoms with E-state index in [0.717, 1.165) is 16.1 Å². The fourth-order valence-electron chi connectivity index (χ4n) is 1.21. The van der Waals surface area contributed by atoms with E-state index in [4.69, 9.17) is 5.26 Å². The lowest BCUT2D eigenvalue weighted by Crippen LogP contribution is -1.74. The van der Waals surface area contributed by atoms with Crippen molar-refractivity contribution < 1.29 is 0 Å². The number of hydrogen-bond acceptors (Lipinski definition) is 3. The van der Waals surface area contributed by atoms with Gasteiger partial charge >= 0.3 is 0 Å². The monoisotopic (exact) mass is 200 g/mol. The normalized spacial score (nSPS) is 9.71.